The monoisotopic (exact) mass is 246 g/mol. The van der Waals surface area contributed by atoms with Crippen LogP contribution in [0.3, 0.4) is 0 Å². The number of amidine groups is 1. The van der Waals surface area contributed by atoms with E-state index in [2.05, 4.69) is 17.1 Å². The predicted molar refractivity (Wildman–Crippen MR) is 70.3 cm³/mol. The highest BCUT2D eigenvalue weighted by Gasteiger charge is 2.65. The van der Waals surface area contributed by atoms with Crippen molar-refractivity contribution in [2.24, 2.45) is 4.99 Å². The van der Waals surface area contributed by atoms with E-state index >= 15 is 0 Å². The number of likely N-dealkylation sites (N-methyl/N-ethyl adjacent to an activating group) is 1. The fraction of sp³-hybridized carbons (Fsp3) is 0.385. The van der Waals surface area contributed by atoms with E-state index in [-0.39, 0.29) is 11.8 Å². The second-order valence-corrected chi connectivity index (χ2v) is 5.33. The first-order valence-electron chi connectivity index (χ1n) is 5.66. The van der Waals surface area contributed by atoms with E-state index in [4.69, 9.17) is 0 Å². The molecule has 0 unspecified atom stereocenters. The van der Waals surface area contributed by atoms with Crippen LogP contribution in [-0.4, -0.2) is 34.8 Å². The Balaban J connectivity index is 1.93. The molecule has 1 amide bonds. The van der Waals surface area contributed by atoms with Crippen LogP contribution in [0.1, 0.15) is 17.9 Å². The van der Waals surface area contributed by atoms with E-state index in [1.54, 1.807) is 4.90 Å². The van der Waals surface area contributed by atoms with Gasteiger partial charge in [0.05, 0.1) is 0 Å². The van der Waals surface area contributed by atoms with Gasteiger partial charge < -0.3 is 0 Å². The van der Waals surface area contributed by atoms with Gasteiger partial charge in [-0.2, -0.15) is 0 Å². The van der Waals surface area contributed by atoms with Gasteiger partial charge in [0, 0.05) is 13.0 Å². The lowest BCUT2D eigenvalue weighted by Crippen LogP contribution is -2.32. The Kier molecular flexibility index (Phi) is 2.30. The van der Waals surface area contributed by atoms with Crippen LogP contribution in [0, 0.1) is 0 Å². The summed E-state index contributed by atoms with van der Waals surface area (Å²) < 4.78 is 0. The SMILES string of the molecule is CSC1=N[C@]2(C[C@@H]2c2ccccc2)C(=O)N1C. The van der Waals surface area contributed by atoms with Crippen LogP contribution in [0.5, 0.6) is 0 Å². The standard InChI is InChI=1S/C13H14N2OS/c1-15-11(16)13(14-12(15)17-2)8-10(13)9-6-4-3-5-7-9/h3-7,10H,8H2,1-2H3/t10-,13+/m1/s1. The molecule has 1 spiro atoms. The van der Waals surface area contributed by atoms with Gasteiger partial charge in [-0.15, -0.1) is 0 Å². The number of carbonyl (C=O) groups excluding carboxylic acids is 1. The summed E-state index contributed by atoms with van der Waals surface area (Å²) in [6, 6.07) is 10.2. The third-order valence-corrected chi connectivity index (χ3v) is 4.30. The van der Waals surface area contributed by atoms with E-state index < -0.39 is 5.54 Å². The molecule has 2 aliphatic rings. The van der Waals surface area contributed by atoms with Crippen molar-refractivity contribution in [1.82, 2.24) is 4.90 Å². The molecular weight excluding hydrogens is 232 g/mol. The lowest BCUT2D eigenvalue weighted by Gasteiger charge is -2.10. The lowest BCUT2D eigenvalue weighted by atomic mass is 10.1. The van der Waals surface area contributed by atoms with E-state index in [0.29, 0.717) is 0 Å². The van der Waals surface area contributed by atoms with Crippen molar-refractivity contribution in [2.45, 2.75) is 17.9 Å². The fourth-order valence-corrected chi connectivity index (χ4v) is 3.16. The second-order valence-electron chi connectivity index (χ2n) is 4.55. The van der Waals surface area contributed by atoms with Crippen LogP contribution in [0.15, 0.2) is 35.3 Å². The van der Waals surface area contributed by atoms with Crippen molar-refractivity contribution in [3.8, 4) is 0 Å². The Morgan fingerprint density at radius 2 is 2.12 bits per heavy atom. The van der Waals surface area contributed by atoms with Gasteiger partial charge in [0.1, 0.15) is 5.54 Å². The maximum absolute atomic E-state index is 12.2. The first kappa shape index (κ1) is 10.8. The molecule has 88 valence electrons. The Bertz CT molecular complexity index is 499. The number of nitrogens with zero attached hydrogens (tertiary/aromatic N) is 2. The molecule has 17 heavy (non-hydrogen) atoms. The summed E-state index contributed by atoms with van der Waals surface area (Å²) in [5.74, 6) is 0.416. The van der Waals surface area contributed by atoms with Crippen molar-refractivity contribution >= 4 is 22.8 Å². The number of benzene rings is 1. The Labute approximate surface area is 105 Å². The maximum Gasteiger partial charge on any atom is 0.256 e. The molecule has 1 aromatic carbocycles. The zero-order valence-electron chi connectivity index (χ0n) is 9.88. The maximum atomic E-state index is 12.2. The van der Waals surface area contributed by atoms with Gasteiger partial charge in [0.2, 0.25) is 0 Å². The van der Waals surface area contributed by atoms with Gasteiger partial charge in [0.25, 0.3) is 5.91 Å². The summed E-state index contributed by atoms with van der Waals surface area (Å²) in [6.45, 7) is 0. The Morgan fingerprint density at radius 1 is 1.41 bits per heavy atom. The molecule has 3 rings (SSSR count). The molecule has 0 bridgehead atoms. The van der Waals surface area contributed by atoms with Crippen LogP contribution in [0.25, 0.3) is 0 Å². The van der Waals surface area contributed by atoms with Crippen molar-refractivity contribution in [1.29, 1.82) is 0 Å². The first-order valence-corrected chi connectivity index (χ1v) is 6.88. The number of carbonyl (C=O) groups is 1. The average Bonchev–Trinajstić information content (AvgIpc) is 3.05. The van der Waals surface area contributed by atoms with Crippen molar-refractivity contribution in [2.75, 3.05) is 13.3 Å². The van der Waals surface area contributed by atoms with E-state index in [1.165, 1.54) is 17.3 Å². The minimum Gasteiger partial charge on any atom is -0.293 e. The highest BCUT2D eigenvalue weighted by Crippen LogP contribution is 2.57. The molecule has 1 heterocycles. The highest BCUT2D eigenvalue weighted by atomic mass is 32.2. The van der Waals surface area contributed by atoms with Gasteiger partial charge in [-0.05, 0) is 18.2 Å². The number of hydrogen-bond acceptors (Lipinski definition) is 3. The van der Waals surface area contributed by atoms with E-state index in [1.807, 2.05) is 31.5 Å². The zero-order valence-corrected chi connectivity index (χ0v) is 10.7. The lowest BCUT2D eigenvalue weighted by molar-refractivity contribution is -0.127. The van der Waals surface area contributed by atoms with E-state index in [9.17, 15) is 4.79 Å². The minimum atomic E-state index is -0.478. The fourth-order valence-electron chi connectivity index (χ4n) is 2.54. The van der Waals surface area contributed by atoms with Crippen LogP contribution in [-0.2, 0) is 4.79 Å². The van der Waals surface area contributed by atoms with Crippen LogP contribution in [0.2, 0.25) is 0 Å². The first-order chi connectivity index (χ1) is 8.19. The summed E-state index contributed by atoms with van der Waals surface area (Å²) in [5.41, 5.74) is 0.745. The normalized spacial score (nSPS) is 30.9. The molecule has 0 aromatic heterocycles. The van der Waals surface area contributed by atoms with Gasteiger partial charge in [-0.1, -0.05) is 42.1 Å². The van der Waals surface area contributed by atoms with Crippen molar-refractivity contribution in [3.63, 3.8) is 0 Å². The van der Waals surface area contributed by atoms with Gasteiger partial charge >= 0.3 is 0 Å². The molecule has 2 atom stereocenters. The highest BCUT2D eigenvalue weighted by molar-refractivity contribution is 8.13. The molecule has 1 aromatic rings. The average molecular weight is 246 g/mol. The van der Waals surface area contributed by atoms with E-state index in [0.717, 1.165) is 11.6 Å². The molecule has 4 heteroatoms. The van der Waals surface area contributed by atoms with Crippen molar-refractivity contribution in [3.05, 3.63) is 35.9 Å². The molecule has 1 saturated carbocycles. The zero-order chi connectivity index (χ0) is 12.0. The largest absolute Gasteiger partial charge is 0.293 e. The van der Waals surface area contributed by atoms with Crippen LogP contribution < -0.4 is 0 Å². The molecule has 1 fully saturated rings. The summed E-state index contributed by atoms with van der Waals surface area (Å²) in [7, 11) is 1.81. The molecule has 0 saturated heterocycles. The molecule has 0 radical (unpaired) electrons. The summed E-state index contributed by atoms with van der Waals surface area (Å²) in [4.78, 5) is 18.6. The molecule has 1 aliphatic heterocycles. The Hall–Kier alpha value is -1.29. The molecule has 3 nitrogen and oxygen atoms in total. The number of amides is 1. The number of aliphatic imine (C=N–C) groups is 1. The third-order valence-electron chi connectivity index (χ3n) is 3.57. The molecule has 0 N–H and O–H groups in total. The quantitative estimate of drug-likeness (QED) is 0.760. The molecular formula is C13H14N2OS. The predicted octanol–water partition coefficient (Wildman–Crippen LogP) is 2.10. The topological polar surface area (TPSA) is 32.7 Å². The number of thioether (sulfide) groups is 1. The third kappa shape index (κ3) is 1.43. The van der Waals surface area contributed by atoms with Gasteiger partial charge in [-0.3, -0.25) is 9.69 Å². The van der Waals surface area contributed by atoms with Crippen LogP contribution in [0.4, 0.5) is 0 Å². The summed E-state index contributed by atoms with van der Waals surface area (Å²) in [6.07, 6.45) is 2.81. The number of rotatable bonds is 1. The summed E-state index contributed by atoms with van der Waals surface area (Å²) >= 11 is 1.54. The molecule has 1 aliphatic carbocycles. The van der Waals surface area contributed by atoms with Gasteiger partial charge in [0.15, 0.2) is 5.17 Å². The second kappa shape index (κ2) is 3.60. The van der Waals surface area contributed by atoms with Gasteiger partial charge in [-0.25, -0.2) is 4.99 Å². The van der Waals surface area contributed by atoms with Crippen molar-refractivity contribution < 1.29 is 4.79 Å². The van der Waals surface area contributed by atoms with Crippen LogP contribution >= 0.6 is 11.8 Å². The summed E-state index contributed by atoms with van der Waals surface area (Å²) in [5, 5.41) is 0.841. The smallest absolute Gasteiger partial charge is 0.256 e. The minimum absolute atomic E-state index is 0.149. The number of hydrogen-bond donors (Lipinski definition) is 0. The Morgan fingerprint density at radius 3 is 2.71 bits per heavy atom.